The Hall–Kier alpha value is -2.31. The highest BCUT2D eigenvalue weighted by atomic mass is 16.5. The van der Waals surface area contributed by atoms with Gasteiger partial charge < -0.3 is 19.5 Å². The Balaban J connectivity index is 1.89. The predicted molar refractivity (Wildman–Crippen MR) is 96.4 cm³/mol. The number of nitrogens with zero attached hydrogens (tertiary/aromatic N) is 2. The average Bonchev–Trinajstić information content (AvgIpc) is 2.68. The van der Waals surface area contributed by atoms with Crippen molar-refractivity contribution >= 4 is 0 Å². The molecule has 2 aromatic rings. The van der Waals surface area contributed by atoms with Gasteiger partial charge in [-0.25, -0.2) is 0 Å². The van der Waals surface area contributed by atoms with Crippen LogP contribution < -0.4 is 19.5 Å². The van der Waals surface area contributed by atoms with Gasteiger partial charge in [-0.15, -0.1) is 0 Å². The fraction of sp³-hybridized carbons (Fsp3) is 0.421. The van der Waals surface area contributed by atoms with Gasteiger partial charge >= 0.3 is 0 Å². The molecule has 0 spiro atoms. The zero-order valence-electron chi connectivity index (χ0n) is 15.0. The number of methoxy groups -OCH3 is 3. The predicted octanol–water partition coefficient (Wildman–Crippen LogP) is 2.25. The molecule has 1 aliphatic heterocycles. The number of ether oxygens (including phenoxy) is 3. The van der Waals surface area contributed by atoms with Crippen LogP contribution in [0.1, 0.15) is 17.2 Å². The molecule has 0 saturated carbocycles. The summed E-state index contributed by atoms with van der Waals surface area (Å²) in [7, 11) is 4.97. The summed E-state index contributed by atoms with van der Waals surface area (Å²) in [5.74, 6) is 2.20. The third-order valence-corrected chi connectivity index (χ3v) is 4.61. The molecule has 0 bridgehead atoms. The molecular weight excluding hydrogens is 318 g/mol. The summed E-state index contributed by atoms with van der Waals surface area (Å²) in [4.78, 5) is 6.58. The van der Waals surface area contributed by atoms with Crippen LogP contribution in [-0.2, 0) is 6.54 Å². The summed E-state index contributed by atoms with van der Waals surface area (Å²) < 4.78 is 16.4. The summed E-state index contributed by atoms with van der Waals surface area (Å²) in [5, 5.41) is 3.48. The Labute approximate surface area is 148 Å². The second-order valence-corrected chi connectivity index (χ2v) is 5.99. The molecule has 3 rings (SSSR count). The minimum absolute atomic E-state index is 0.301. The highest BCUT2D eigenvalue weighted by Gasteiger charge is 2.25. The molecule has 25 heavy (non-hydrogen) atoms. The van der Waals surface area contributed by atoms with Crippen molar-refractivity contribution in [1.82, 2.24) is 15.2 Å². The number of aromatic nitrogens is 1. The molecule has 134 valence electrons. The van der Waals surface area contributed by atoms with Crippen molar-refractivity contribution < 1.29 is 14.2 Å². The summed E-state index contributed by atoms with van der Waals surface area (Å²) in [5.41, 5.74) is 2.35. The first kappa shape index (κ1) is 17.5. The van der Waals surface area contributed by atoms with E-state index < -0.39 is 0 Å². The van der Waals surface area contributed by atoms with Crippen molar-refractivity contribution in [3.05, 3.63) is 47.8 Å². The first-order valence-electron chi connectivity index (χ1n) is 8.40. The van der Waals surface area contributed by atoms with Crippen molar-refractivity contribution in [3.8, 4) is 17.2 Å². The van der Waals surface area contributed by atoms with Gasteiger partial charge in [-0.3, -0.25) is 9.88 Å². The molecule has 1 saturated heterocycles. The van der Waals surface area contributed by atoms with Crippen LogP contribution >= 0.6 is 0 Å². The monoisotopic (exact) mass is 343 g/mol. The summed E-state index contributed by atoms with van der Waals surface area (Å²) in [6.07, 6.45) is 3.69. The maximum Gasteiger partial charge on any atom is 0.164 e. The van der Waals surface area contributed by atoms with Crippen LogP contribution in [0.3, 0.4) is 0 Å². The normalized spacial score (nSPS) is 18.0. The Morgan fingerprint density at radius 1 is 1.04 bits per heavy atom. The molecule has 1 fully saturated rings. The lowest BCUT2D eigenvalue weighted by atomic mass is 10.0. The van der Waals surface area contributed by atoms with Gasteiger partial charge in [0.15, 0.2) is 11.5 Å². The number of benzene rings is 1. The van der Waals surface area contributed by atoms with E-state index in [1.54, 1.807) is 21.3 Å². The number of hydrogen-bond acceptors (Lipinski definition) is 6. The molecule has 6 heteroatoms. The van der Waals surface area contributed by atoms with Gasteiger partial charge in [0.1, 0.15) is 5.75 Å². The van der Waals surface area contributed by atoms with E-state index in [1.165, 1.54) is 5.56 Å². The summed E-state index contributed by atoms with van der Waals surface area (Å²) in [6.45, 7) is 3.62. The van der Waals surface area contributed by atoms with E-state index in [0.29, 0.717) is 17.5 Å². The Morgan fingerprint density at radius 3 is 2.40 bits per heavy atom. The number of hydrogen-bond donors (Lipinski definition) is 1. The second kappa shape index (κ2) is 8.18. The molecule has 0 radical (unpaired) electrons. The molecule has 2 heterocycles. The Morgan fingerprint density at radius 2 is 1.72 bits per heavy atom. The van der Waals surface area contributed by atoms with Crippen LogP contribution in [-0.4, -0.2) is 50.8 Å². The minimum Gasteiger partial charge on any atom is -0.496 e. The van der Waals surface area contributed by atoms with Crippen molar-refractivity contribution in [3.63, 3.8) is 0 Å². The third-order valence-electron chi connectivity index (χ3n) is 4.61. The van der Waals surface area contributed by atoms with Crippen molar-refractivity contribution in [2.24, 2.45) is 0 Å². The van der Waals surface area contributed by atoms with Gasteiger partial charge in [0.2, 0.25) is 0 Å². The molecule has 1 aromatic heterocycles. The van der Waals surface area contributed by atoms with Crippen LogP contribution in [0.5, 0.6) is 17.2 Å². The van der Waals surface area contributed by atoms with Gasteiger partial charge in [0.05, 0.1) is 21.3 Å². The largest absolute Gasteiger partial charge is 0.496 e. The highest BCUT2D eigenvalue weighted by molar-refractivity contribution is 5.50. The molecule has 1 aliphatic rings. The highest BCUT2D eigenvalue weighted by Crippen LogP contribution is 2.36. The lowest BCUT2D eigenvalue weighted by Crippen LogP contribution is -2.45. The van der Waals surface area contributed by atoms with E-state index in [-0.39, 0.29) is 0 Å². The molecule has 1 N–H and O–H groups in total. The lowest BCUT2D eigenvalue weighted by Gasteiger charge is -2.36. The average molecular weight is 343 g/mol. The van der Waals surface area contributed by atoms with Gasteiger partial charge in [-0.05, 0) is 23.8 Å². The molecule has 0 amide bonds. The van der Waals surface area contributed by atoms with E-state index in [1.807, 2.05) is 24.5 Å². The molecule has 6 nitrogen and oxygen atoms in total. The van der Waals surface area contributed by atoms with Crippen molar-refractivity contribution in [2.75, 3.05) is 41.0 Å². The van der Waals surface area contributed by atoms with Crippen LogP contribution in [0, 0.1) is 0 Å². The Bertz CT molecular complexity index is 694. The standard InChI is InChI=1S/C19H25N3O3/c1-23-17-11-19(25-3)18(24-2)10-15(17)13-22-9-8-21-12-16(22)14-4-6-20-7-5-14/h4-7,10-11,16,21H,8-9,12-13H2,1-3H3. The molecule has 1 atom stereocenters. The number of piperazine rings is 1. The zero-order valence-corrected chi connectivity index (χ0v) is 15.0. The van der Waals surface area contributed by atoms with Gasteiger partial charge in [0, 0.05) is 56.2 Å². The lowest BCUT2D eigenvalue weighted by molar-refractivity contribution is 0.152. The zero-order chi connectivity index (χ0) is 17.6. The van der Waals surface area contributed by atoms with Crippen LogP contribution in [0.15, 0.2) is 36.7 Å². The van der Waals surface area contributed by atoms with E-state index >= 15 is 0 Å². The van der Waals surface area contributed by atoms with Gasteiger partial charge in [-0.2, -0.15) is 0 Å². The van der Waals surface area contributed by atoms with E-state index in [0.717, 1.165) is 37.5 Å². The quantitative estimate of drug-likeness (QED) is 0.868. The molecule has 1 unspecified atom stereocenters. The SMILES string of the molecule is COc1cc(OC)c(OC)cc1CN1CCNCC1c1ccncc1. The molecule has 1 aromatic carbocycles. The first-order valence-corrected chi connectivity index (χ1v) is 8.40. The smallest absolute Gasteiger partial charge is 0.164 e. The minimum atomic E-state index is 0.301. The van der Waals surface area contributed by atoms with E-state index in [4.69, 9.17) is 14.2 Å². The fourth-order valence-corrected chi connectivity index (χ4v) is 3.28. The summed E-state index contributed by atoms with van der Waals surface area (Å²) >= 11 is 0. The maximum atomic E-state index is 5.58. The maximum absolute atomic E-state index is 5.58. The van der Waals surface area contributed by atoms with Gasteiger partial charge in [-0.1, -0.05) is 0 Å². The Kier molecular flexibility index (Phi) is 5.73. The molecule has 0 aliphatic carbocycles. The van der Waals surface area contributed by atoms with Gasteiger partial charge in [0.25, 0.3) is 0 Å². The van der Waals surface area contributed by atoms with E-state index in [2.05, 4.69) is 27.3 Å². The number of rotatable bonds is 6. The van der Waals surface area contributed by atoms with Crippen LogP contribution in [0.2, 0.25) is 0 Å². The first-order chi connectivity index (χ1) is 12.3. The molecular formula is C19H25N3O3. The van der Waals surface area contributed by atoms with E-state index in [9.17, 15) is 0 Å². The topological polar surface area (TPSA) is 55.9 Å². The van der Waals surface area contributed by atoms with Crippen LogP contribution in [0.25, 0.3) is 0 Å². The third kappa shape index (κ3) is 3.86. The number of pyridine rings is 1. The van der Waals surface area contributed by atoms with Crippen molar-refractivity contribution in [2.45, 2.75) is 12.6 Å². The second-order valence-electron chi connectivity index (χ2n) is 5.99. The fourth-order valence-electron chi connectivity index (χ4n) is 3.28. The summed E-state index contributed by atoms with van der Waals surface area (Å²) in [6, 6.07) is 8.35. The number of nitrogens with one attached hydrogen (secondary N) is 1. The van der Waals surface area contributed by atoms with Crippen LogP contribution in [0.4, 0.5) is 0 Å². The van der Waals surface area contributed by atoms with Crippen molar-refractivity contribution in [1.29, 1.82) is 0 Å².